The molecule has 0 aliphatic carbocycles. The first-order valence-corrected chi connectivity index (χ1v) is 9.38. The van der Waals surface area contributed by atoms with E-state index in [-0.39, 0.29) is 5.91 Å². The van der Waals surface area contributed by atoms with Crippen LogP contribution >= 0.6 is 0 Å². The predicted octanol–water partition coefficient (Wildman–Crippen LogP) is 2.84. The monoisotopic (exact) mass is 388 g/mol. The van der Waals surface area contributed by atoms with E-state index in [1.807, 2.05) is 19.1 Å². The predicted molar refractivity (Wildman–Crippen MR) is 106 cm³/mol. The number of amides is 1. The number of nitrogens with one attached hydrogen (secondary N) is 1. The van der Waals surface area contributed by atoms with E-state index in [2.05, 4.69) is 10.3 Å². The second-order valence-corrected chi connectivity index (χ2v) is 5.96. The Morgan fingerprint density at radius 2 is 2.00 bits per heavy atom. The van der Waals surface area contributed by atoms with Crippen LogP contribution in [-0.4, -0.2) is 51.0 Å². The zero-order valence-corrected chi connectivity index (χ0v) is 16.5. The molecule has 0 spiro atoms. The smallest absolute Gasteiger partial charge is 0.251 e. The highest BCUT2D eigenvalue weighted by molar-refractivity contribution is 5.94. The summed E-state index contributed by atoms with van der Waals surface area (Å²) in [6.07, 6.45) is 4.20. The van der Waals surface area contributed by atoms with Crippen molar-refractivity contribution >= 4 is 5.91 Å². The lowest BCUT2D eigenvalue weighted by atomic mass is 10.2. The average molecular weight is 388 g/mol. The molecule has 0 aliphatic rings. The van der Waals surface area contributed by atoms with Gasteiger partial charge in [-0.3, -0.25) is 9.78 Å². The van der Waals surface area contributed by atoms with E-state index in [1.165, 1.54) is 0 Å². The number of hydrogen-bond acceptors (Lipinski definition) is 6. The summed E-state index contributed by atoms with van der Waals surface area (Å²) in [5, 5.41) is 2.88. The molecule has 7 heteroatoms. The Hall–Kier alpha value is -2.64. The Labute approximate surface area is 166 Å². The number of carbonyl (C=O) groups excluding carboxylic acids is 1. The molecule has 0 atom stereocenters. The van der Waals surface area contributed by atoms with Gasteiger partial charge in [-0.15, -0.1) is 0 Å². The van der Waals surface area contributed by atoms with Gasteiger partial charge >= 0.3 is 0 Å². The molecule has 0 radical (unpaired) electrons. The van der Waals surface area contributed by atoms with E-state index in [1.54, 1.807) is 37.7 Å². The van der Waals surface area contributed by atoms with Gasteiger partial charge in [0.25, 0.3) is 5.91 Å². The fraction of sp³-hybridized carbons (Fsp3) is 0.429. The van der Waals surface area contributed by atoms with E-state index in [9.17, 15) is 4.79 Å². The SMILES string of the molecule is CCOc1cc(C(=O)NCCCOCCOC)ccc1OCc1cccnc1. The van der Waals surface area contributed by atoms with Gasteiger partial charge in [0, 0.05) is 43.8 Å². The number of nitrogens with zero attached hydrogens (tertiary/aromatic N) is 1. The topological polar surface area (TPSA) is 78.9 Å². The van der Waals surface area contributed by atoms with E-state index < -0.39 is 0 Å². The van der Waals surface area contributed by atoms with Gasteiger partial charge in [0.1, 0.15) is 6.61 Å². The summed E-state index contributed by atoms with van der Waals surface area (Å²) in [5.41, 5.74) is 1.48. The molecular weight excluding hydrogens is 360 g/mol. The zero-order chi connectivity index (χ0) is 20.0. The summed E-state index contributed by atoms with van der Waals surface area (Å²) in [4.78, 5) is 16.4. The number of ether oxygens (including phenoxy) is 4. The summed E-state index contributed by atoms with van der Waals surface area (Å²) < 4.78 is 21.8. The lowest BCUT2D eigenvalue weighted by Crippen LogP contribution is -2.25. The molecule has 28 heavy (non-hydrogen) atoms. The first-order chi connectivity index (χ1) is 13.7. The minimum atomic E-state index is -0.156. The third-order valence-corrected chi connectivity index (χ3v) is 3.81. The maximum absolute atomic E-state index is 12.4. The number of carbonyl (C=O) groups is 1. The fourth-order valence-corrected chi connectivity index (χ4v) is 2.40. The number of aromatic nitrogens is 1. The van der Waals surface area contributed by atoms with Crippen molar-refractivity contribution in [1.29, 1.82) is 0 Å². The first-order valence-electron chi connectivity index (χ1n) is 9.38. The lowest BCUT2D eigenvalue weighted by molar-refractivity contribution is 0.0688. The first kappa shape index (κ1) is 21.7. The molecule has 152 valence electrons. The Bertz CT molecular complexity index is 709. The zero-order valence-electron chi connectivity index (χ0n) is 16.5. The van der Waals surface area contributed by atoms with Crippen LogP contribution in [-0.2, 0) is 16.1 Å². The van der Waals surface area contributed by atoms with Crippen molar-refractivity contribution < 1.29 is 23.7 Å². The normalized spacial score (nSPS) is 10.5. The average Bonchev–Trinajstić information content (AvgIpc) is 2.73. The summed E-state index contributed by atoms with van der Waals surface area (Å²) in [6, 6.07) is 8.98. The van der Waals surface area contributed by atoms with E-state index in [0.717, 1.165) is 12.0 Å². The summed E-state index contributed by atoms with van der Waals surface area (Å²) in [6.45, 7) is 4.99. The molecule has 0 bridgehead atoms. The molecule has 0 unspecified atom stereocenters. The standard InChI is InChI=1S/C21H28N2O5/c1-3-27-20-14-18(21(24)23-10-5-11-26-13-12-25-2)7-8-19(20)28-16-17-6-4-9-22-15-17/h4,6-9,14-15H,3,5,10-13,16H2,1-2H3,(H,23,24). The highest BCUT2D eigenvalue weighted by atomic mass is 16.5. The Morgan fingerprint density at radius 1 is 1.11 bits per heavy atom. The Morgan fingerprint density at radius 3 is 2.75 bits per heavy atom. The highest BCUT2D eigenvalue weighted by Gasteiger charge is 2.12. The highest BCUT2D eigenvalue weighted by Crippen LogP contribution is 2.29. The van der Waals surface area contributed by atoms with Crippen LogP contribution in [0.4, 0.5) is 0 Å². The number of methoxy groups -OCH3 is 1. The van der Waals surface area contributed by atoms with Crippen molar-refractivity contribution in [2.24, 2.45) is 0 Å². The van der Waals surface area contributed by atoms with Crippen molar-refractivity contribution in [3.8, 4) is 11.5 Å². The van der Waals surface area contributed by atoms with Gasteiger partial charge in [0.05, 0.1) is 19.8 Å². The number of hydrogen-bond donors (Lipinski definition) is 1. The van der Waals surface area contributed by atoms with Crippen LogP contribution < -0.4 is 14.8 Å². The molecule has 0 aliphatic heterocycles. The molecule has 0 fully saturated rings. The molecule has 2 aromatic rings. The number of pyridine rings is 1. The van der Waals surface area contributed by atoms with Crippen LogP contribution in [0.2, 0.25) is 0 Å². The minimum absolute atomic E-state index is 0.156. The largest absolute Gasteiger partial charge is 0.490 e. The summed E-state index contributed by atoms with van der Waals surface area (Å²) in [5.74, 6) is 0.979. The van der Waals surface area contributed by atoms with E-state index in [4.69, 9.17) is 18.9 Å². The van der Waals surface area contributed by atoms with Crippen LogP contribution in [0.25, 0.3) is 0 Å². The van der Waals surface area contributed by atoms with Crippen molar-refractivity contribution in [2.45, 2.75) is 20.0 Å². The van der Waals surface area contributed by atoms with Crippen LogP contribution in [0, 0.1) is 0 Å². The van der Waals surface area contributed by atoms with Crippen molar-refractivity contribution in [1.82, 2.24) is 10.3 Å². The van der Waals surface area contributed by atoms with Crippen LogP contribution in [0.15, 0.2) is 42.7 Å². The van der Waals surface area contributed by atoms with E-state index in [0.29, 0.717) is 56.6 Å². The van der Waals surface area contributed by atoms with E-state index >= 15 is 0 Å². The molecule has 2 rings (SSSR count). The molecular formula is C21H28N2O5. The molecule has 7 nitrogen and oxygen atoms in total. The third-order valence-electron chi connectivity index (χ3n) is 3.81. The quantitative estimate of drug-likeness (QED) is 0.532. The number of benzene rings is 1. The van der Waals surface area contributed by atoms with Gasteiger partial charge in [0.2, 0.25) is 0 Å². The molecule has 0 saturated heterocycles. The minimum Gasteiger partial charge on any atom is -0.490 e. The van der Waals surface area contributed by atoms with Crippen molar-refractivity contribution in [2.75, 3.05) is 40.1 Å². The second-order valence-electron chi connectivity index (χ2n) is 5.96. The summed E-state index contributed by atoms with van der Waals surface area (Å²) >= 11 is 0. The molecule has 1 aromatic carbocycles. The van der Waals surface area contributed by atoms with Crippen LogP contribution in [0.3, 0.4) is 0 Å². The second kappa shape index (κ2) is 12.7. The Balaban J connectivity index is 1.87. The molecule has 1 aromatic heterocycles. The molecule has 1 heterocycles. The van der Waals surface area contributed by atoms with Gasteiger partial charge in [0.15, 0.2) is 11.5 Å². The molecule has 1 N–H and O–H groups in total. The van der Waals surface area contributed by atoms with Gasteiger partial charge in [-0.05, 0) is 37.6 Å². The third kappa shape index (κ3) is 7.54. The van der Waals surface area contributed by atoms with Crippen LogP contribution in [0.5, 0.6) is 11.5 Å². The lowest BCUT2D eigenvalue weighted by Gasteiger charge is -2.13. The summed E-state index contributed by atoms with van der Waals surface area (Å²) in [7, 11) is 1.63. The van der Waals surface area contributed by atoms with Gasteiger partial charge in [-0.2, -0.15) is 0 Å². The molecule has 0 saturated carbocycles. The number of rotatable bonds is 13. The van der Waals surface area contributed by atoms with Gasteiger partial charge in [-0.1, -0.05) is 6.07 Å². The fourth-order valence-electron chi connectivity index (χ4n) is 2.40. The van der Waals surface area contributed by atoms with Gasteiger partial charge in [-0.25, -0.2) is 0 Å². The van der Waals surface area contributed by atoms with Crippen molar-refractivity contribution in [3.63, 3.8) is 0 Å². The molecule has 1 amide bonds. The maximum atomic E-state index is 12.4. The van der Waals surface area contributed by atoms with Crippen molar-refractivity contribution in [3.05, 3.63) is 53.9 Å². The Kier molecular flexibility index (Phi) is 9.82. The van der Waals surface area contributed by atoms with Crippen LogP contribution in [0.1, 0.15) is 29.3 Å². The maximum Gasteiger partial charge on any atom is 0.251 e. The van der Waals surface area contributed by atoms with Gasteiger partial charge < -0.3 is 24.3 Å².